The zero-order valence-electron chi connectivity index (χ0n) is 8.91. The summed E-state index contributed by atoms with van der Waals surface area (Å²) in [6, 6.07) is 4.14. The van der Waals surface area contributed by atoms with Gasteiger partial charge in [-0.3, -0.25) is 0 Å². The summed E-state index contributed by atoms with van der Waals surface area (Å²) < 4.78 is 12.9. The van der Waals surface area contributed by atoms with Gasteiger partial charge in [-0.05, 0) is 25.1 Å². The molecule has 1 aromatic carbocycles. The lowest BCUT2D eigenvalue weighted by Crippen LogP contribution is -1.97. The molecule has 17 heavy (non-hydrogen) atoms. The Labute approximate surface area is 102 Å². The zero-order valence-corrected chi connectivity index (χ0v) is 9.66. The number of benzene rings is 1. The lowest BCUT2D eigenvalue weighted by molar-refractivity contribution is 0.467. The Hall–Kier alpha value is -1.88. The molecule has 0 spiro atoms. The number of aromatic hydroxyl groups is 1. The van der Waals surface area contributed by atoms with Crippen LogP contribution in [0.4, 0.5) is 15.9 Å². The molecule has 0 aliphatic rings. The molecule has 6 heteroatoms. The second kappa shape index (κ2) is 4.55. The number of nitrogens with one attached hydrogen (secondary N) is 1. The molecule has 0 atom stereocenters. The molecule has 0 amide bonds. The molecule has 0 radical (unpaired) electrons. The Bertz CT molecular complexity index is 562. The van der Waals surface area contributed by atoms with E-state index in [0.29, 0.717) is 11.4 Å². The van der Waals surface area contributed by atoms with Crippen molar-refractivity contribution in [1.82, 2.24) is 9.97 Å². The lowest BCUT2D eigenvalue weighted by Gasteiger charge is -2.08. The molecule has 88 valence electrons. The Balaban J connectivity index is 2.31. The van der Waals surface area contributed by atoms with E-state index in [2.05, 4.69) is 15.3 Å². The molecule has 2 rings (SSSR count). The molecule has 0 bridgehead atoms. The van der Waals surface area contributed by atoms with Crippen LogP contribution in [-0.4, -0.2) is 15.1 Å². The second-order valence-electron chi connectivity index (χ2n) is 3.41. The van der Waals surface area contributed by atoms with E-state index in [0.717, 1.165) is 0 Å². The van der Waals surface area contributed by atoms with Crippen LogP contribution < -0.4 is 5.32 Å². The van der Waals surface area contributed by atoms with E-state index in [4.69, 9.17) is 11.6 Å². The molecule has 4 nitrogen and oxygen atoms in total. The number of nitrogens with zero attached hydrogens (tertiary/aromatic N) is 2. The van der Waals surface area contributed by atoms with Crippen molar-refractivity contribution in [3.8, 4) is 5.75 Å². The number of aryl methyl sites for hydroxylation is 1. The van der Waals surface area contributed by atoms with Gasteiger partial charge in [-0.1, -0.05) is 11.6 Å². The Kier molecular flexibility index (Phi) is 3.10. The van der Waals surface area contributed by atoms with Gasteiger partial charge in [0, 0.05) is 5.69 Å². The lowest BCUT2D eigenvalue weighted by atomic mass is 10.3. The minimum atomic E-state index is -0.500. The molecular formula is C11H9ClFN3O. The maximum absolute atomic E-state index is 12.9. The minimum absolute atomic E-state index is 0.000248. The van der Waals surface area contributed by atoms with Crippen LogP contribution in [0.2, 0.25) is 5.02 Å². The summed E-state index contributed by atoms with van der Waals surface area (Å²) in [5.74, 6) is -0.298. The molecule has 2 aromatic rings. The number of anilines is 2. The highest BCUT2D eigenvalue weighted by molar-refractivity contribution is 6.31. The van der Waals surface area contributed by atoms with E-state index in [1.165, 1.54) is 24.5 Å². The predicted octanol–water partition coefficient (Wildman–Crippen LogP) is 3.03. The van der Waals surface area contributed by atoms with Crippen molar-refractivity contribution in [2.45, 2.75) is 6.92 Å². The standard InChI is InChI=1S/C11H9ClFN3O/c1-6-10(17)11(15-5-14-6)16-7-2-3-9(13)8(12)4-7/h2-5,17H,1H3,(H,14,15,16). The fraction of sp³-hybridized carbons (Fsp3) is 0.0909. The maximum Gasteiger partial charge on any atom is 0.180 e. The normalized spacial score (nSPS) is 10.3. The third kappa shape index (κ3) is 2.45. The molecule has 1 heterocycles. The first-order chi connectivity index (χ1) is 8.08. The third-order valence-electron chi connectivity index (χ3n) is 2.19. The van der Waals surface area contributed by atoms with Gasteiger partial charge in [0.2, 0.25) is 0 Å². The van der Waals surface area contributed by atoms with Crippen molar-refractivity contribution in [2.24, 2.45) is 0 Å². The monoisotopic (exact) mass is 253 g/mol. The molecule has 0 unspecified atom stereocenters. The highest BCUT2D eigenvalue weighted by Gasteiger charge is 2.07. The Morgan fingerprint density at radius 2 is 2.12 bits per heavy atom. The van der Waals surface area contributed by atoms with Crippen molar-refractivity contribution in [3.05, 3.63) is 41.1 Å². The van der Waals surface area contributed by atoms with Crippen molar-refractivity contribution in [1.29, 1.82) is 0 Å². The van der Waals surface area contributed by atoms with E-state index in [-0.39, 0.29) is 16.6 Å². The Morgan fingerprint density at radius 3 is 2.82 bits per heavy atom. The van der Waals surface area contributed by atoms with Gasteiger partial charge in [0.1, 0.15) is 12.1 Å². The molecule has 0 fully saturated rings. The van der Waals surface area contributed by atoms with Crippen LogP contribution in [0.15, 0.2) is 24.5 Å². The average molecular weight is 254 g/mol. The number of halogens is 2. The van der Waals surface area contributed by atoms with Crippen molar-refractivity contribution < 1.29 is 9.50 Å². The van der Waals surface area contributed by atoms with Crippen molar-refractivity contribution >= 4 is 23.1 Å². The summed E-state index contributed by atoms with van der Waals surface area (Å²) in [5, 5.41) is 12.5. The molecule has 0 aliphatic heterocycles. The van der Waals surface area contributed by atoms with Crippen LogP contribution in [0, 0.1) is 12.7 Å². The second-order valence-corrected chi connectivity index (χ2v) is 3.82. The topological polar surface area (TPSA) is 58.0 Å². The maximum atomic E-state index is 12.9. The van der Waals surface area contributed by atoms with Gasteiger partial charge in [-0.15, -0.1) is 0 Å². The van der Waals surface area contributed by atoms with Gasteiger partial charge in [0.15, 0.2) is 11.6 Å². The van der Waals surface area contributed by atoms with E-state index < -0.39 is 5.82 Å². The SMILES string of the molecule is Cc1ncnc(Nc2ccc(F)c(Cl)c2)c1O. The molecule has 0 saturated heterocycles. The molecule has 1 aromatic heterocycles. The van der Waals surface area contributed by atoms with Gasteiger partial charge < -0.3 is 10.4 Å². The molecular weight excluding hydrogens is 245 g/mol. The first-order valence-electron chi connectivity index (χ1n) is 4.80. The molecule has 0 aliphatic carbocycles. The minimum Gasteiger partial charge on any atom is -0.503 e. The van der Waals surface area contributed by atoms with Crippen molar-refractivity contribution in [3.63, 3.8) is 0 Å². The summed E-state index contributed by atoms with van der Waals surface area (Å²) in [4.78, 5) is 7.70. The summed E-state index contributed by atoms with van der Waals surface area (Å²) >= 11 is 5.64. The smallest absolute Gasteiger partial charge is 0.180 e. The van der Waals surface area contributed by atoms with Gasteiger partial charge in [0.25, 0.3) is 0 Å². The van der Waals surface area contributed by atoms with Crippen LogP contribution in [0.3, 0.4) is 0 Å². The highest BCUT2D eigenvalue weighted by atomic mass is 35.5. The van der Waals surface area contributed by atoms with Crippen LogP contribution in [-0.2, 0) is 0 Å². The van der Waals surface area contributed by atoms with Gasteiger partial charge in [-0.25, -0.2) is 14.4 Å². The number of hydrogen-bond acceptors (Lipinski definition) is 4. The van der Waals surface area contributed by atoms with Gasteiger partial charge in [0.05, 0.1) is 10.7 Å². The van der Waals surface area contributed by atoms with E-state index in [9.17, 15) is 9.50 Å². The number of rotatable bonds is 2. The average Bonchev–Trinajstić information content (AvgIpc) is 2.30. The van der Waals surface area contributed by atoms with E-state index in [1.54, 1.807) is 6.92 Å². The van der Waals surface area contributed by atoms with E-state index in [1.807, 2.05) is 0 Å². The summed E-state index contributed by atoms with van der Waals surface area (Å²) in [5.41, 5.74) is 0.987. The Morgan fingerprint density at radius 1 is 1.35 bits per heavy atom. The largest absolute Gasteiger partial charge is 0.503 e. The highest BCUT2D eigenvalue weighted by Crippen LogP contribution is 2.27. The van der Waals surface area contributed by atoms with Crippen LogP contribution in [0.5, 0.6) is 5.75 Å². The molecule has 0 saturated carbocycles. The molecule has 2 N–H and O–H groups in total. The van der Waals surface area contributed by atoms with Gasteiger partial charge >= 0.3 is 0 Å². The zero-order chi connectivity index (χ0) is 12.4. The van der Waals surface area contributed by atoms with Gasteiger partial charge in [-0.2, -0.15) is 0 Å². The quantitative estimate of drug-likeness (QED) is 0.864. The first kappa shape index (κ1) is 11.6. The van der Waals surface area contributed by atoms with E-state index >= 15 is 0 Å². The summed E-state index contributed by atoms with van der Waals surface area (Å²) in [7, 11) is 0. The van der Waals surface area contributed by atoms with Crippen molar-refractivity contribution in [2.75, 3.05) is 5.32 Å². The fourth-order valence-electron chi connectivity index (χ4n) is 1.27. The predicted molar refractivity (Wildman–Crippen MR) is 63.1 cm³/mol. The fourth-order valence-corrected chi connectivity index (χ4v) is 1.45. The summed E-state index contributed by atoms with van der Waals surface area (Å²) in [6.07, 6.45) is 1.32. The number of hydrogen-bond donors (Lipinski definition) is 2. The van der Waals surface area contributed by atoms with Crippen LogP contribution >= 0.6 is 11.6 Å². The van der Waals surface area contributed by atoms with Crippen LogP contribution in [0.25, 0.3) is 0 Å². The third-order valence-corrected chi connectivity index (χ3v) is 2.48. The number of aromatic nitrogens is 2. The first-order valence-corrected chi connectivity index (χ1v) is 5.18. The summed E-state index contributed by atoms with van der Waals surface area (Å²) in [6.45, 7) is 1.65. The van der Waals surface area contributed by atoms with Crippen LogP contribution in [0.1, 0.15) is 5.69 Å².